The highest BCUT2D eigenvalue weighted by Crippen LogP contribution is 2.36. The number of hydrogen-bond donors (Lipinski definition) is 1. The molecule has 2 aromatic rings. The van der Waals surface area contributed by atoms with E-state index in [9.17, 15) is 4.79 Å². The Hall–Kier alpha value is -2.03. The number of carbonyl (C=O) groups excluding carboxylic acids is 1. The van der Waals surface area contributed by atoms with Gasteiger partial charge in [-0.15, -0.1) is 0 Å². The van der Waals surface area contributed by atoms with E-state index >= 15 is 0 Å². The molecule has 3 nitrogen and oxygen atoms in total. The van der Waals surface area contributed by atoms with Gasteiger partial charge in [-0.3, -0.25) is 4.79 Å². The van der Waals surface area contributed by atoms with Crippen molar-refractivity contribution in [1.82, 2.24) is 9.88 Å². The zero-order valence-electron chi connectivity index (χ0n) is 15.2. The maximum Gasteiger partial charge on any atom is 0.223 e. The van der Waals surface area contributed by atoms with Gasteiger partial charge in [-0.05, 0) is 55.7 Å². The van der Waals surface area contributed by atoms with Crippen LogP contribution in [0.1, 0.15) is 57.4 Å². The van der Waals surface area contributed by atoms with Crippen molar-refractivity contribution >= 4 is 16.8 Å². The Bertz CT molecular complexity index is 801. The van der Waals surface area contributed by atoms with Gasteiger partial charge in [-0.25, -0.2) is 0 Å². The Labute approximate surface area is 150 Å². The van der Waals surface area contributed by atoms with Crippen molar-refractivity contribution in [2.24, 2.45) is 0 Å². The van der Waals surface area contributed by atoms with Crippen molar-refractivity contribution in [3.63, 3.8) is 0 Å². The van der Waals surface area contributed by atoms with E-state index in [1.807, 2.05) is 6.07 Å². The lowest BCUT2D eigenvalue weighted by molar-refractivity contribution is -0.133. The highest BCUT2D eigenvalue weighted by Gasteiger charge is 2.33. The van der Waals surface area contributed by atoms with Gasteiger partial charge in [0.25, 0.3) is 0 Å². The summed E-state index contributed by atoms with van der Waals surface area (Å²) in [5.41, 5.74) is 5.65. The van der Waals surface area contributed by atoms with E-state index in [4.69, 9.17) is 0 Å². The summed E-state index contributed by atoms with van der Waals surface area (Å²) in [6.45, 7) is 3.19. The molecule has 1 fully saturated rings. The summed E-state index contributed by atoms with van der Waals surface area (Å²) in [6, 6.07) is 8.74. The summed E-state index contributed by atoms with van der Waals surface area (Å²) in [5.74, 6) is 0.338. The first-order chi connectivity index (χ1) is 12.3. The molecular weight excluding hydrogens is 308 g/mol. The number of aryl methyl sites for hydroxylation is 1. The number of rotatable bonds is 4. The topological polar surface area (TPSA) is 36.1 Å². The van der Waals surface area contributed by atoms with Crippen LogP contribution in [0.25, 0.3) is 10.9 Å². The summed E-state index contributed by atoms with van der Waals surface area (Å²) < 4.78 is 0. The molecule has 25 heavy (non-hydrogen) atoms. The normalized spacial score (nSPS) is 20.8. The summed E-state index contributed by atoms with van der Waals surface area (Å²) >= 11 is 0. The average molecular weight is 336 g/mol. The molecule has 1 aromatic carbocycles. The molecule has 3 heteroatoms. The third-order valence-corrected chi connectivity index (χ3v) is 6.09. The summed E-state index contributed by atoms with van der Waals surface area (Å²) in [7, 11) is 0. The number of hydrogen-bond acceptors (Lipinski definition) is 1. The molecule has 0 bridgehead atoms. The molecule has 2 heterocycles. The SMILES string of the molecule is CCC1=C2CCCCC2N(C(=O)CCc2c[nH]c3ccccc23)CC1. The highest BCUT2D eigenvalue weighted by atomic mass is 16.2. The number of para-hydroxylation sites is 1. The Balaban J connectivity index is 1.47. The first-order valence-electron chi connectivity index (χ1n) is 9.83. The van der Waals surface area contributed by atoms with Crippen LogP contribution in [-0.4, -0.2) is 28.4 Å². The monoisotopic (exact) mass is 336 g/mol. The minimum absolute atomic E-state index is 0.338. The summed E-state index contributed by atoms with van der Waals surface area (Å²) in [5, 5.41) is 1.25. The van der Waals surface area contributed by atoms with E-state index < -0.39 is 0 Å². The van der Waals surface area contributed by atoms with Gasteiger partial charge >= 0.3 is 0 Å². The van der Waals surface area contributed by atoms with Gasteiger partial charge in [-0.2, -0.15) is 0 Å². The van der Waals surface area contributed by atoms with Gasteiger partial charge in [0.15, 0.2) is 0 Å². The number of nitrogens with one attached hydrogen (secondary N) is 1. The molecule has 0 spiro atoms. The van der Waals surface area contributed by atoms with Crippen LogP contribution in [0.2, 0.25) is 0 Å². The quantitative estimate of drug-likeness (QED) is 0.785. The molecular formula is C22H28N2O. The van der Waals surface area contributed by atoms with Crippen LogP contribution in [-0.2, 0) is 11.2 Å². The highest BCUT2D eigenvalue weighted by molar-refractivity contribution is 5.84. The zero-order valence-corrected chi connectivity index (χ0v) is 15.2. The second-order valence-electron chi connectivity index (χ2n) is 7.44. The van der Waals surface area contributed by atoms with E-state index in [0.717, 1.165) is 37.7 Å². The molecule has 1 atom stereocenters. The number of fused-ring (bicyclic) bond motifs is 2. The number of benzene rings is 1. The lowest BCUT2D eigenvalue weighted by Gasteiger charge is -2.41. The van der Waals surface area contributed by atoms with Crippen LogP contribution < -0.4 is 0 Å². The van der Waals surface area contributed by atoms with Crippen molar-refractivity contribution in [1.29, 1.82) is 0 Å². The van der Waals surface area contributed by atoms with Crippen LogP contribution in [0.3, 0.4) is 0 Å². The number of aromatic nitrogens is 1. The van der Waals surface area contributed by atoms with Crippen molar-refractivity contribution in [3.8, 4) is 0 Å². The smallest absolute Gasteiger partial charge is 0.223 e. The fourth-order valence-electron chi connectivity index (χ4n) is 4.75. The molecule has 1 aliphatic carbocycles. The standard InChI is InChI=1S/C22H28N2O/c1-2-16-13-14-24(21-10-6-4-8-19(16)21)22(25)12-11-17-15-23-20-9-5-3-7-18(17)20/h3,5,7,9,15,21,23H,2,4,6,8,10-14H2,1H3. The molecule has 1 N–H and O–H groups in total. The van der Waals surface area contributed by atoms with E-state index in [0.29, 0.717) is 18.4 Å². The zero-order chi connectivity index (χ0) is 17.2. The Kier molecular flexibility index (Phi) is 4.65. The predicted molar refractivity (Wildman–Crippen MR) is 103 cm³/mol. The molecule has 1 aromatic heterocycles. The third kappa shape index (κ3) is 3.12. The summed E-state index contributed by atoms with van der Waals surface area (Å²) in [4.78, 5) is 18.5. The maximum absolute atomic E-state index is 13.0. The maximum atomic E-state index is 13.0. The van der Waals surface area contributed by atoms with Crippen LogP contribution >= 0.6 is 0 Å². The first kappa shape index (κ1) is 16.4. The van der Waals surface area contributed by atoms with Gasteiger partial charge < -0.3 is 9.88 Å². The third-order valence-electron chi connectivity index (χ3n) is 6.09. The largest absolute Gasteiger partial charge is 0.361 e. The molecule has 0 saturated heterocycles. The molecule has 1 saturated carbocycles. The second kappa shape index (κ2) is 7.07. The number of carbonyl (C=O) groups is 1. The molecule has 0 radical (unpaired) electrons. The Morgan fingerprint density at radius 2 is 2.12 bits per heavy atom. The van der Waals surface area contributed by atoms with Gasteiger partial charge in [-0.1, -0.05) is 37.1 Å². The van der Waals surface area contributed by atoms with Crippen LogP contribution in [0, 0.1) is 0 Å². The molecule has 1 amide bonds. The lowest BCUT2D eigenvalue weighted by Crippen LogP contribution is -2.46. The molecule has 4 rings (SSSR count). The van der Waals surface area contributed by atoms with Gasteiger partial charge in [0.1, 0.15) is 0 Å². The minimum Gasteiger partial charge on any atom is -0.361 e. The number of amides is 1. The van der Waals surface area contributed by atoms with Crippen LogP contribution in [0.5, 0.6) is 0 Å². The molecule has 1 unspecified atom stereocenters. The first-order valence-corrected chi connectivity index (χ1v) is 9.83. The Morgan fingerprint density at radius 3 is 3.00 bits per heavy atom. The van der Waals surface area contributed by atoms with Crippen molar-refractivity contribution in [2.45, 2.75) is 64.3 Å². The van der Waals surface area contributed by atoms with Crippen LogP contribution in [0.15, 0.2) is 41.6 Å². The van der Waals surface area contributed by atoms with E-state index in [-0.39, 0.29) is 0 Å². The number of aromatic amines is 1. The minimum atomic E-state index is 0.338. The van der Waals surface area contributed by atoms with E-state index in [1.54, 1.807) is 11.1 Å². The van der Waals surface area contributed by atoms with Crippen molar-refractivity contribution in [3.05, 3.63) is 47.2 Å². The predicted octanol–water partition coefficient (Wildman–Crippen LogP) is 4.98. The number of H-pyrrole nitrogens is 1. The molecule has 1 aliphatic heterocycles. The van der Waals surface area contributed by atoms with Crippen molar-refractivity contribution < 1.29 is 4.79 Å². The van der Waals surface area contributed by atoms with E-state index in [2.05, 4.69) is 41.2 Å². The van der Waals surface area contributed by atoms with E-state index in [1.165, 1.54) is 30.2 Å². The average Bonchev–Trinajstić information content (AvgIpc) is 3.08. The second-order valence-corrected chi connectivity index (χ2v) is 7.44. The fourth-order valence-corrected chi connectivity index (χ4v) is 4.75. The van der Waals surface area contributed by atoms with Crippen molar-refractivity contribution in [2.75, 3.05) is 6.54 Å². The Morgan fingerprint density at radius 1 is 1.24 bits per heavy atom. The molecule has 132 valence electrons. The van der Waals surface area contributed by atoms with Gasteiger partial charge in [0.05, 0.1) is 6.04 Å². The fraction of sp³-hybridized carbons (Fsp3) is 0.500. The molecule has 2 aliphatic rings. The number of nitrogens with zero attached hydrogens (tertiary/aromatic N) is 1. The lowest BCUT2D eigenvalue weighted by atomic mass is 9.81. The summed E-state index contributed by atoms with van der Waals surface area (Å²) in [6.07, 6.45) is 10.7. The van der Waals surface area contributed by atoms with Gasteiger partial charge in [0.2, 0.25) is 5.91 Å². The van der Waals surface area contributed by atoms with Gasteiger partial charge in [0, 0.05) is 30.1 Å². The van der Waals surface area contributed by atoms with Crippen LogP contribution in [0.4, 0.5) is 0 Å².